The molecule has 1 aliphatic heterocycles. The molecule has 1 aromatic carbocycles. The number of benzene rings is 1. The molecule has 1 fully saturated rings. The Bertz CT molecular complexity index is 408. The molecule has 19 heavy (non-hydrogen) atoms. The average Bonchev–Trinajstić information content (AvgIpc) is 2.35. The SMILES string of the molecule is COCCN1CCCC(N)C1c1cc(Cl)cc(Cl)c1. The number of likely N-dealkylation sites (tertiary alicyclic amines) is 1. The summed E-state index contributed by atoms with van der Waals surface area (Å²) in [7, 11) is 1.72. The molecule has 0 bridgehead atoms. The van der Waals surface area contributed by atoms with Crippen molar-refractivity contribution >= 4 is 23.2 Å². The maximum atomic E-state index is 6.30. The van der Waals surface area contributed by atoms with Crippen LogP contribution in [0.3, 0.4) is 0 Å². The Morgan fingerprint density at radius 2 is 2.00 bits per heavy atom. The summed E-state index contributed by atoms with van der Waals surface area (Å²) in [6.45, 7) is 2.61. The summed E-state index contributed by atoms with van der Waals surface area (Å²) in [5.41, 5.74) is 7.40. The number of halogens is 2. The molecule has 2 rings (SSSR count). The van der Waals surface area contributed by atoms with Crippen molar-refractivity contribution in [3.8, 4) is 0 Å². The van der Waals surface area contributed by atoms with Gasteiger partial charge in [-0.2, -0.15) is 0 Å². The van der Waals surface area contributed by atoms with E-state index in [4.69, 9.17) is 33.7 Å². The highest BCUT2D eigenvalue weighted by Crippen LogP contribution is 2.33. The van der Waals surface area contributed by atoms with Crippen LogP contribution in [-0.4, -0.2) is 37.7 Å². The second kappa shape index (κ2) is 6.91. The number of methoxy groups -OCH3 is 1. The highest BCUT2D eigenvalue weighted by atomic mass is 35.5. The maximum Gasteiger partial charge on any atom is 0.0589 e. The molecule has 0 spiro atoms. The molecular weight excluding hydrogens is 283 g/mol. The molecule has 5 heteroatoms. The van der Waals surface area contributed by atoms with E-state index in [1.54, 1.807) is 13.2 Å². The molecule has 3 nitrogen and oxygen atoms in total. The Kier molecular flexibility index (Phi) is 5.48. The minimum absolute atomic E-state index is 0.111. The Morgan fingerprint density at radius 3 is 2.63 bits per heavy atom. The lowest BCUT2D eigenvalue weighted by Gasteiger charge is -2.40. The topological polar surface area (TPSA) is 38.5 Å². The zero-order valence-electron chi connectivity index (χ0n) is 11.1. The van der Waals surface area contributed by atoms with Gasteiger partial charge in [-0.1, -0.05) is 23.2 Å². The van der Waals surface area contributed by atoms with Gasteiger partial charge in [-0.15, -0.1) is 0 Å². The van der Waals surface area contributed by atoms with Crippen LogP contribution in [0.15, 0.2) is 18.2 Å². The molecule has 2 atom stereocenters. The normalized spacial score (nSPS) is 24.6. The molecule has 1 aromatic rings. The van der Waals surface area contributed by atoms with E-state index >= 15 is 0 Å². The van der Waals surface area contributed by atoms with Crippen LogP contribution in [0.4, 0.5) is 0 Å². The number of hydrogen-bond acceptors (Lipinski definition) is 3. The molecular formula is C14H20Cl2N2O. The van der Waals surface area contributed by atoms with E-state index in [1.165, 1.54) is 0 Å². The lowest BCUT2D eigenvalue weighted by atomic mass is 9.91. The van der Waals surface area contributed by atoms with Crippen LogP contribution in [-0.2, 0) is 4.74 Å². The lowest BCUT2D eigenvalue weighted by molar-refractivity contribution is 0.0848. The van der Waals surface area contributed by atoms with E-state index in [0.29, 0.717) is 16.7 Å². The Hall–Kier alpha value is -0.320. The van der Waals surface area contributed by atoms with Crippen LogP contribution < -0.4 is 5.73 Å². The zero-order valence-corrected chi connectivity index (χ0v) is 12.6. The second-order valence-corrected chi connectivity index (χ2v) is 5.86. The first-order valence-electron chi connectivity index (χ1n) is 6.56. The largest absolute Gasteiger partial charge is 0.383 e. The molecule has 0 aromatic heterocycles. The quantitative estimate of drug-likeness (QED) is 0.929. The fraction of sp³-hybridized carbons (Fsp3) is 0.571. The van der Waals surface area contributed by atoms with Gasteiger partial charge in [-0.05, 0) is 43.1 Å². The van der Waals surface area contributed by atoms with E-state index in [1.807, 2.05) is 12.1 Å². The Labute approximate surface area is 124 Å². The van der Waals surface area contributed by atoms with Gasteiger partial charge in [-0.3, -0.25) is 4.90 Å². The zero-order chi connectivity index (χ0) is 13.8. The molecule has 106 valence electrons. The van der Waals surface area contributed by atoms with Gasteiger partial charge < -0.3 is 10.5 Å². The number of ether oxygens (including phenoxy) is 1. The van der Waals surface area contributed by atoms with Crippen molar-refractivity contribution in [3.63, 3.8) is 0 Å². The van der Waals surface area contributed by atoms with Crippen LogP contribution in [0.25, 0.3) is 0 Å². The third-order valence-corrected chi connectivity index (χ3v) is 4.03. The van der Waals surface area contributed by atoms with E-state index in [9.17, 15) is 0 Å². The smallest absolute Gasteiger partial charge is 0.0589 e. The van der Waals surface area contributed by atoms with Crippen molar-refractivity contribution < 1.29 is 4.74 Å². The molecule has 0 saturated carbocycles. The van der Waals surface area contributed by atoms with Gasteiger partial charge in [0.1, 0.15) is 0 Å². The van der Waals surface area contributed by atoms with Gasteiger partial charge in [0.25, 0.3) is 0 Å². The molecule has 0 aliphatic carbocycles. The third kappa shape index (κ3) is 3.83. The minimum atomic E-state index is 0.111. The van der Waals surface area contributed by atoms with Gasteiger partial charge in [0.15, 0.2) is 0 Å². The van der Waals surface area contributed by atoms with Crippen LogP contribution in [0, 0.1) is 0 Å². The van der Waals surface area contributed by atoms with Crippen LogP contribution in [0.1, 0.15) is 24.4 Å². The summed E-state index contributed by atoms with van der Waals surface area (Å²) < 4.78 is 5.18. The molecule has 1 saturated heterocycles. The predicted octanol–water partition coefficient (Wildman–Crippen LogP) is 3.10. The first kappa shape index (κ1) is 15.1. The van der Waals surface area contributed by atoms with Gasteiger partial charge in [-0.25, -0.2) is 0 Å². The fourth-order valence-electron chi connectivity index (χ4n) is 2.76. The second-order valence-electron chi connectivity index (χ2n) is 4.98. The molecule has 1 aliphatic rings. The van der Waals surface area contributed by atoms with Gasteiger partial charge >= 0.3 is 0 Å². The van der Waals surface area contributed by atoms with Crippen LogP contribution in [0.2, 0.25) is 10.0 Å². The minimum Gasteiger partial charge on any atom is -0.383 e. The van der Waals surface area contributed by atoms with Gasteiger partial charge in [0.2, 0.25) is 0 Å². The Morgan fingerprint density at radius 1 is 1.32 bits per heavy atom. The molecule has 0 radical (unpaired) electrons. The van der Waals surface area contributed by atoms with Gasteiger partial charge in [0, 0.05) is 29.7 Å². The first-order valence-corrected chi connectivity index (χ1v) is 7.32. The van der Waals surface area contributed by atoms with Crippen molar-refractivity contribution in [1.29, 1.82) is 0 Å². The standard InChI is InChI=1S/C14H20Cl2N2O/c1-19-6-5-18-4-2-3-13(17)14(18)10-7-11(15)9-12(16)8-10/h7-9,13-14H,2-6,17H2,1H3. The van der Waals surface area contributed by atoms with Crippen molar-refractivity contribution in [2.75, 3.05) is 26.8 Å². The summed E-state index contributed by atoms with van der Waals surface area (Å²) in [4.78, 5) is 2.36. The highest BCUT2D eigenvalue weighted by Gasteiger charge is 2.30. The van der Waals surface area contributed by atoms with Gasteiger partial charge in [0.05, 0.1) is 12.6 Å². The van der Waals surface area contributed by atoms with Crippen molar-refractivity contribution in [2.24, 2.45) is 5.73 Å². The fourth-order valence-corrected chi connectivity index (χ4v) is 3.30. The Balaban J connectivity index is 2.25. The monoisotopic (exact) mass is 302 g/mol. The molecule has 0 amide bonds. The van der Waals surface area contributed by atoms with Crippen LogP contribution in [0.5, 0.6) is 0 Å². The molecule has 2 unspecified atom stereocenters. The van der Waals surface area contributed by atoms with E-state index < -0.39 is 0 Å². The van der Waals surface area contributed by atoms with Crippen molar-refractivity contribution in [1.82, 2.24) is 4.90 Å². The molecule has 2 N–H and O–H groups in total. The summed E-state index contributed by atoms with van der Waals surface area (Å²) in [6.07, 6.45) is 2.15. The third-order valence-electron chi connectivity index (χ3n) is 3.59. The molecule has 1 heterocycles. The lowest BCUT2D eigenvalue weighted by Crippen LogP contribution is -2.46. The van der Waals surface area contributed by atoms with E-state index in [0.717, 1.165) is 31.5 Å². The number of hydrogen-bond donors (Lipinski definition) is 1. The number of piperidine rings is 1. The summed E-state index contributed by atoms with van der Waals surface area (Å²) in [5.74, 6) is 0. The maximum absolute atomic E-state index is 6.30. The first-order chi connectivity index (χ1) is 9.11. The highest BCUT2D eigenvalue weighted by molar-refractivity contribution is 6.34. The average molecular weight is 303 g/mol. The van der Waals surface area contributed by atoms with Crippen molar-refractivity contribution in [3.05, 3.63) is 33.8 Å². The summed E-state index contributed by atoms with van der Waals surface area (Å²) in [5, 5.41) is 1.32. The number of rotatable bonds is 4. The van der Waals surface area contributed by atoms with Crippen LogP contribution >= 0.6 is 23.2 Å². The van der Waals surface area contributed by atoms with Crippen molar-refractivity contribution in [2.45, 2.75) is 24.9 Å². The number of nitrogens with two attached hydrogens (primary N) is 1. The van der Waals surface area contributed by atoms with E-state index in [-0.39, 0.29) is 12.1 Å². The van der Waals surface area contributed by atoms with E-state index in [2.05, 4.69) is 4.90 Å². The predicted molar refractivity (Wildman–Crippen MR) is 79.9 cm³/mol. The summed E-state index contributed by atoms with van der Waals surface area (Å²) >= 11 is 12.2. The number of nitrogens with zero attached hydrogens (tertiary/aromatic N) is 1. The summed E-state index contributed by atoms with van der Waals surface area (Å²) in [6, 6.07) is 5.95.